The number of carbonyl (C=O) groups is 3. The van der Waals surface area contributed by atoms with Gasteiger partial charge in [0.2, 0.25) is 0 Å². The number of fused-ring (bicyclic) bond motifs is 4. The van der Waals surface area contributed by atoms with Gasteiger partial charge in [-0.15, -0.1) is 0 Å². The van der Waals surface area contributed by atoms with Crippen LogP contribution in [0.2, 0.25) is 0 Å². The molecule has 0 bridgehead atoms. The van der Waals surface area contributed by atoms with Crippen LogP contribution in [0.15, 0.2) is 52.0 Å². The molecule has 8 nitrogen and oxygen atoms in total. The summed E-state index contributed by atoms with van der Waals surface area (Å²) in [6, 6.07) is 11.8. The lowest BCUT2D eigenvalue weighted by Crippen LogP contribution is -2.38. The van der Waals surface area contributed by atoms with E-state index in [4.69, 9.17) is 4.42 Å². The van der Waals surface area contributed by atoms with Crippen LogP contribution in [0, 0.1) is 5.92 Å². The van der Waals surface area contributed by atoms with E-state index in [1.165, 1.54) is 5.56 Å². The number of furan rings is 1. The molecule has 33 heavy (non-hydrogen) atoms. The second kappa shape index (κ2) is 8.20. The number of carboxylic acid groups (broad SMARTS) is 1. The van der Waals surface area contributed by atoms with Gasteiger partial charge in [0, 0.05) is 35.9 Å². The number of rotatable bonds is 6. The Labute approximate surface area is 189 Å². The van der Waals surface area contributed by atoms with Gasteiger partial charge in [-0.3, -0.25) is 19.3 Å². The Morgan fingerprint density at radius 2 is 1.76 bits per heavy atom. The fraction of sp³-hybridized carbons (Fsp3) is 0.280. The zero-order valence-electron chi connectivity index (χ0n) is 17.8. The van der Waals surface area contributed by atoms with Gasteiger partial charge >= 0.3 is 5.97 Å². The fourth-order valence-corrected chi connectivity index (χ4v) is 4.75. The van der Waals surface area contributed by atoms with Crippen LogP contribution in [-0.4, -0.2) is 45.3 Å². The quantitative estimate of drug-likeness (QED) is 0.257. The van der Waals surface area contributed by atoms with Crippen LogP contribution < -0.4 is 0 Å². The number of nitrogens with zero attached hydrogens (tertiary/aromatic N) is 2. The van der Waals surface area contributed by atoms with E-state index in [0.717, 1.165) is 41.7 Å². The van der Waals surface area contributed by atoms with E-state index in [1.807, 2.05) is 6.07 Å². The van der Waals surface area contributed by atoms with Crippen molar-refractivity contribution in [2.24, 2.45) is 11.1 Å². The highest BCUT2D eigenvalue weighted by Gasteiger charge is 2.38. The van der Waals surface area contributed by atoms with Crippen molar-refractivity contribution in [3.05, 3.63) is 70.5 Å². The molecule has 2 N–H and O–H groups in total. The number of aliphatic carboxylic acids is 1. The van der Waals surface area contributed by atoms with Gasteiger partial charge in [-0.25, -0.2) is 0 Å². The topological polar surface area (TPSA) is 120 Å². The van der Waals surface area contributed by atoms with E-state index in [2.05, 4.69) is 5.16 Å². The Kier molecular flexibility index (Phi) is 5.20. The van der Waals surface area contributed by atoms with E-state index >= 15 is 0 Å². The molecule has 1 aliphatic carbocycles. The predicted octanol–water partition coefficient (Wildman–Crippen LogP) is 3.88. The average Bonchev–Trinajstić information content (AvgIpc) is 3.31. The number of imide groups is 1. The monoisotopic (exact) mass is 446 g/mol. The minimum Gasteiger partial charge on any atom is -0.481 e. The second-order valence-electron chi connectivity index (χ2n) is 8.47. The third-order valence-corrected chi connectivity index (χ3v) is 6.48. The van der Waals surface area contributed by atoms with Crippen LogP contribution in [0.5, 0.6) is 0 Å². The van der Waals surface area contributed by atoms with Crippen LogP contribution in [0.1, 0.15) is 56.9 Å². The van der Waals surface area contributed by atoms with Crippen LogP contribution in [0.25, 0.3) is 11.0 Å². The maximum Gasteiger partial charge on any atom is 0.308 e. The Morgan fingerprint density at radius 3 is 2.42 bits per heavy atom. The molecule has 3 aromatic rings. The fourth-order valence-electron chi connectivity index (χ4n) is 4.75. The molecule has 0 saturated carbocycles. The van der Waals surface area contributed by atoms with Crippen LogP contribution >= 0.6 is 0 Å². The van der Waals surface area contributed by atoms with E-state index in [9.17, 15) is 24.7 Å². The van der Waals surface area contributed by atoms with Crippen molar-refractivity contribution >= 4 is 34.5 Å². The van der Waals surface area contributed by atoms with Gasteiger partial charge in [-0.05, 0) is 37.5 Å². The lowest BCUT2D eigenvalue weighted by Gasteiger charge is -2.20. The number of carboxylic acids is 1. The number of amides is 2. The number of hydrogen-bond acceptors (Lipinski definition) is 6. The van der Waals surface area contributed by atoms with Gasteiger partial charge in [-0.2, -0.15) is 0 Å². The first-order valence-corrected chi connectivity index (χ1v) is 10.9. The van der Waals surface area contributed by atoms with Crippen LogP contribution in [0.4, 0.5) is 0 Å². The minimum absolute atomic E-state index is 0.148. The lowest BCUT2D eigenvalue weighted by molar-refractivity contribution is -0.141. The van der Waals surface area contributed by atoms with E-state index in [1.54, 1.807) is 36.4 Å². The largest absolute Gasteiger partial charge is 0.481 e. The van der Waals surface area contributed by atoms with Gasteiger partial charge in [0.05, 0.1) is 22.8 Å². The SMILES string of the molecule is O=C(O)C(CC(=NO)c1ccc2c3c(oc2c1)CCCC3)CN1C(=O)c2ccccc2C1=O. The summed E-state index contributed by atoms with van der Waals surface area (Å²) in [5, 5.41) is 23.8. The third kappa shape index (κ3) is 3.57. The smallest absolute Gasteiger partial charge is 0.308 e. The molecule has 2 aliphatic rings. The molecule has 0 saturated heterocycles. The number of aryl methyl sites for hydroxylation is 2. The summed E-state index contributed by atoms with van der Waals surface area (Å²) >= 11 is 0. The first kappa shape index (κ1) is 20.9. The van der Waals surface area contributed by atoms with Crippen molar-refractivity contribution in [1.29, 1.82) is 0 Å². The summed E-state index contributed by atoms with van der Waals surface area (Å²) in [5.41, 5.74) is 3.08. The number of benzene rings is 2. The summed E-state index contributed by atoms with van der Waals surface area (Å²) in [7, 11) is 0. The van der Waals surface area contributed by atoms with E-state index < -0.39 is 23.7 Å². The zero-order valence-corrected chi connectivity index (χ0v) is 17.8. The third-order valence-electron chi connectivity index (χ3n) is 6.48. The molecule has 168 valence electrons. The molecule has 0 spiro atoms. The van der Waals surface area contributed by atoms with E-state index in [-0.39, 0.29) is 29.8 Å². The molecule has 8 heteroatoms. The van der Waals surface area contributed by atoms with Crippen LogP contribution in [0.3, 0.4) is 0 Å². The molecule has 1 aromatic heterocycles. The van der Waals surface area contributed by atoms with Crippen molar-refractivity contribution < 1.29 is 29.1 Å². The molecule has 1 aliphatic heterocycles. The van der Waals surface area contributed by atoms with Gasteiger partial charge in [0.15, 0.2) is 0 Å². The maximum absolute atomic E-state index is 12.7. The van der Waals surface area contributed by atoms with Gasteiger partial charge in [0.1, 0.15) is 11.3 Å². The average molecular weight is 446 g/mol. The number of oxime groups is 1. The summed E-state index contributed by atoms with van der Waals surface area (Å²) < 4.78 is 6.00. The normalized spacial score (nSPS) is 16.7. The molecule has 2 aromatic carbocycles. The standard InChI is InChI=1S/C25H22N2O6/c28-23-18-6-1-2-7-19(18)24(29)27(23)13-15(25(30)31)11-20(26-32)14-9-10-17-16-5-3-4-8-21(16)33-22(17)12-14/h1-2,6-7,9-10,12,15,32H,3-5,8,11,13H2,(H,30,31). The van der Waals surface area contributed by atoms with Crippen molar-refractivity contribution in [2.45, 2.75) is 32.1 Å². The Hall–Kier alpha value is -3.94. The highest BCUT2D eigenvalue weighted by Crippen LogP contribution is 2.33. The molecule has 0 fully saturated rings. The molecular formula is C25H22N2O6. The van der Waals surface area contributed by atoms with Gasteiger partial charge in [0.25, 0.3) is 11.8 Å². The first-order valence-electron chi connectivity index (χ1n) is 10.9. The summed E-state index contributed by atoms with van der Waals surface area (Å²) in [6.45, 7) is -0.321. The molecule has 0 radical (unpaired) electrons. The van der Waals surface area contributed by atoms with Crippen LogP contribution in [-0.2, 0) is 17.6 Å². The number of hydrogen-bond donors (Lipinski definition) is 2. The van der Waals surface area contributed by atoms with Gasteiger partial charge in [-0.1, -0.05) is 29.4 Å². The molecule has 2 amide bonds. The lowest BCUT2D eigenvalue weighted by atomic mass is 9.94. The highest BCUT2D eigenvalue weighted by atomic mass is 16.4. The first-order chi connectivity index (χ1) is 16.0. The summed E-state index contributed by atoms with van der Waals surface area (Å²) in [5.74, 6) is -2.40. The van der Waals surface area contributed by atoms with Crippen molar-refractivity contribution in [1.82, 2.24) is 4.90 Å². The number of carbonyl (C=O) groups excluding carboxylic acids is 2. The van der Waals surface area contributed by atoms with Crippen molar-refractivity contribution in [2.75, 3.05) is 6.54 Å². The Balaban J connectivity index is 1.39. The van der Waals surface area contributed by atoms with E-state index in [0.29, 0.717) is 11.1 Å². The minimum atomic E-state index is -1.19. The van der Waals surface area contributed by atoms with Crippen molar-refractivity contribution in [3.8, 4) is 0 Å². The molecular weight excluding hydrogens is 424 g/mol. The predicted molar refractivity (Wildman–Crippen MR) is 119 cm³/mol. The molecule has 1 atom stereocenters. The molecule has 1 unspecified atom stereocenters. The Morgan fingerprint density at radius 1 is 1.06 bits per heavy atom. The summed E-state index contributed by atoms with van der Waals surface area (Å²) in [4.78, 5) is 38.3. The highest BCUT2D eigenvalue weighted by molar-refractivity contribution is 6.21. The maximum atomic E-state index is 12.7. The van der Waals surface area contributed by atoms with Crippen molar-refractivity contribution in [3.63, 3.8) is 0 Å². The molecule has 2 heterocycles. The molecule has 5 rings (SSSR count). The second-order valence-corrected chi connectivity index (χ2v) is 8.47. The zero-order chi connectivity index (χ0) is 23.1. The Bertz CT molecular complexity index is 1290. The summed E-state index contributed by atoms with van der Waals surface area (Å²) in [6.07, 6.45) is 3.89. The van der Waals surface area contributed by atoms with Gasteiger partial charge < -0.3 is 14.7 Å².